The van der Waals surface area contributed by atoms with E-state index in [0.29, 0.717) is 12.5 Å². The Hall–Kier alpha value is -1.68. The van der Waals surface area contributed by atoms with Gasteiger partial charge in [-0.3, -0.25) is 9.89 Å². The highest BCUT2D eigenvalue weighted by Crippen LogP contribution is 2.48. The van der Waals surface area contributed by atoms with E-state index in [1.807, 2.05) is 19.9 Å². The molecule has 2 heterocycles. The Morgan fingerprint density at radius 3 is 2.61 bits per heavy atom. The Morgan fingerprint density at radius 2 is 2.00 bits per heavy atom. The maximum absolute atomic E-state index is 13.7. The van der Waals surface area contributed by atoms with Crippen LogP contribution in [0.2, 0.25) is 0 Å². The number of benzene rings is 1. The molecule has 182 valence electrons. The monoisotopic (exact) mass is 569 g/mol. The molecule has 2 N–H and O–H groups in total. The van der Waals surface area contributed by atoms with E-state index in [1.165, 1.54) is 6.07 Å². The highest BCUT2D eigenvalue weighted by molar-refractivity contribution is 14.0. The summed E-state index contributed by atoms with van der Waals surface area (Å²) in [6.07, 6.45) is 4.44. The van der Waals surface area contributed by atoms with Gasteiger partial charge in [0.1, 0.15) is 11.6 Å². The Balaban J connectivity index is 0.00000306. The van der Waals surface area contributed by atoms with Crippen LogP contribution in [0.3, 0.4) is 0 Å². The van der Waals surface area contributed by atoms with Gasteiger partial charge in [0.2, 0.25) is 5.89 Å². The summed E-state index contributed by atoms with van der Waals surface area (Å²) in [6.45, 7) is 11.4. The molecule has 0 radical (unpaired) electrons. The number of nitrogens with zero attached hydrogens (tertiary/aromatic N) is 3. The van der Waals surface area contributed by atoms with Crippen molar-refractivity contribution < 1.29 is 8.81 Å². The summed E-state index contributed by atoms with van der Waals surface area (Å²) in [5.74, 6) is 3.07. The average Bonchev–Trinajstić information content (AvgIpc) is 3.51. The standard InChI is InChI=1S/C25H36FN5O.HI/c1-4-27-24(29-17-25(10-11-25)21-6-5-7-22(26)14-21)28-15-20-8-12-31(13-9-20)16-23-30-18(2)19(3)32-23;/h5-7,14,20H,4,8-13,15-17H2,1-3H3,(H2,27,28,29);1H. The van der Waals surface area contributed by atoms with Gasteiger partial charge in [0, 0.05) is 18.5 Å². The third-order valence-corrected chi connectivity index (χ3v) is 6.87. The first-order chi connectivity index (χ1) is 15.5. The number of likely N-dealkylation sites (tertiary alicyclic amines) is 1. The number of piperidine rings is 1. The molecule has 8 heteroatoms. The minimum Gasteiger partial charge on any atom is -0.444 e. The van der Waals surface area contributed by atoms with E-state index in [1.54, 1.807) is 12.1 Å². The van der Waals surface area contributed by atoms with Gasteiger partial charge in [-0.25, -0.2) is 9.37 Å². The van der Waals surface area contributed by atoms with Crippen LogP contribution in [0.25, 0.3) is 0 Å². The summed E-state index contributed by atoms with van der Waals surface area (Å²) in [5, 5.41) is 6.91. The van der Waals surface area contributed by atoms with Gasteiger partial charge in [0.05, 0.1) is 18.8 Å². The number of aliphatic imine (C=N–C) groups is 1. The lowest BCUT2D eigenvalue weighted by Crippen LogP contribution is -2.43. The fourth-order valence-electron chi connectivity index (χ4n) is 4.47. The highest BCUT2D eigenvalue weighted by Gasteiger charge is 2.44. The van der Waals surface area contributed by atoms with Crippen molar-refractivity contribution in [3.05, 3.63) is 53.0 Å². The topological polar surface area (TPSA) is 65.7 Å². The molecule has 6 nitrogen and oxygen atoms in total. The fourth-order valence-corrected chi connectivity index (χ4v) is 4.47. The maximum Gasteiger partial charge on any atom is 0.208 e. The largest absolute Gasteiger partial charge is 0.444 e. The number of aromatic nitrogens is 1. The molecule has 1 aliphatic heterocycles. The summed E-state index contributed by atoms with van der Waals surface area (Å²) in [7, 11) is 0. The summed E-state index contributed by atoms with van der Waals surface area (Å²) < 4.78 is 19.4. The molecule has 0 atom stereocenters. The Morgan fingerprint density at radius 1 is 1.24 bits per heavy atom. The van der Waals surface area contributed by atoms with Crippen molar-refractivity contribution in [1.82, 2.24) is 20.5 Å². The number of rotatable bonds is 8. The van der Waals surface area contributed by atoms with Gasteiger partial charge in [0.25, 0.3) is 0 Å². The van der Waals surface area contributed by atoms with Crippen molar-refractivity contribution in [1.29, 1.82) is 0 Å². The molecule has 1 saturated carbocycles. The number of hydrogen-bond acceptors (Lipinski definition) is 4. The minimum atomic E-state index is -0.165. The van der Waals surface area contributed by atoms with Crippen molar-refractivity contribution >= 4 is 29.9 Å². The first-order valence-electron chi connectivity index (χ1n) is 11.9. The van der Waals surface area contributed by atoms with Crippen LogP contribution in [0.1, 0.15) is 55.5 Å². The van der Waals surface area contributed by atoms with Crippen LogP contribution in [0, 0.1) is 25.6 Å². The molecular formula is C25H37FIN5O. The zero-order valence-corrected chi connectivity index (χ0v) is 22.3. The number of oxazole rings is 1. The molecule has 33 heavy (non-hydrogen) atoms. The first-order valence-corrected chi connectivity index (χ1v) is 11.9. The second-order valence-electron chi connectivity index (χ2n) is 9.34. The summed E-state index contributed by atoms with van der Waals surface area (Å²) in [5.41, 5.74) is 2.06. The van der Waals surface area contributed by atoms with Crippen LogP contribution >= 0.6 is 24.0 Å². The van der Waals surface area contributed by atoms with Gasteiger partial charge in [0.15, 0.2) is 5.96 Å². The number of halogens is 2. The van der Waals surface area contributed by atoms with Crippen molar-refractivity contribution in [3.8, 4) is 0 Å². The van der Waals surface area contributed by atoms with E-state index < -0.39 is 0 Å². The van der Waals surface area contributed by atoms with Gasteiger partial charge < -0.3 is 15.1 Å². The molecule has 2 fully saturated rings. The normalized spacial score (nSPS) is 18.6. The molecule has 0 amide bonds. The Kier molecular flexibility index (Phi) is 9.15. The Labute approximate surface area is 213 Å². The SMILES string of the molecule is CCNC(=NCC1(c2cccc(F)c2)CC1)NCC1CCN(Cc2nc(C)c(C)o2)CC1.I. The average molecular weight is 570 g/mol. The van der Waals surface area contributed by atoms with Gasteiger partial charge >= 0.3 is 0 Å². The van der Waals surface area contributed by atoms with E-state index in [4.69, 9.17) is 9.41 Å². The van der Waals surface area contributed by atoms with Gasteiger partial charge in [-0.1, -0.05) is 12.1 Å². The zero-order valence-electron chi connectivity index (χ0n) is 20.0. The molecule has 1 saturated heterocycles. The lowest BCUT2D eigenvalue weighted by atomic mass is 9.96. The minimum absolute atomic E-state index is 0. The number of hydrogen-bond donors (Lipinski definition) is 2. The van der Waals surface area contributed by atoms with Gasteiger partial charge in [-0.2, -0.15) is 0 Å². The fraction of sp³-hybridized carbons (Fsp3) is 0.600. The van der Waals surface area contributed by atoms with Crippen molar-refractivity contribution in [2.24, 2.45) is 10.9 Å². The van der Waals surface area contributed by atoms with Crippen molar-refractivity contribution in [2.45, 2.75) is 58.4 Å². The molecule has 1 aromatic carbocycles. The predicted molar refractivity (Wildman–Crippen MR) is 141 cm³/mol. The van der Waals surface area contributed by atoms with Crippen LogP contribution in [0.4, 0.5) is 4.39 Å². The maximum atomic E-state index is 13.7. The van der Waals surface area contributed by atoms with Crippen LogP contribution in [-0.4, -0.2) is 48.6 Å². The molecule has 0 unspecified atom stereocenters. The molecule has 1 aromatic heterocycles. The molecule has 0 bridgehead atoms. The molecule has 0 spiro atoms. The lowest BCUT2D eigenvalue weighted by molar-refractivity contribution is 0.164. The number of nitrogens with one attached hydrogen (secondary N) is 2. The molecule has 2 aromatic rings. The van der Waals surface area contributed by atoms with E-state index in [9.17, 15) is 4.39 Å². The third-order valence-electron chi connectivity index (χ3n) is 6.87. The quantitative estimate of drug-likeness (QED) is 0.278. The predicted octanol–water partition coefficient (Wildman–Crippen LogP) is 4.55. The van der Waals surface area contributed by atoms with E-state index >= 15 is 0 Å². The van der Waals surface area contributed by atoms with Gasteiger partial charge in [-0.05, 0) is 83.2 Å². The third kappa shape index (κ3) is 6.91. The van der Waals surface area contributed by atoms with Crippen molar-refractivity contribution in [2.75, 3.05) is 32.7 Å². The molecule has 2 aliphatic rings. The highest BCUT2D eigenvalue weighted by atomic mass is 127. The summed E-state index contributed by atoms with van der Waals surface area (Å²) in [6, 6.07) is 7.00. The molecule has 1 aliphatic carbocycles. The summed E-state index contributed by atoms with van der Waals surface area (Å²) >= 11 is 0. The number of guanidine groups is 1. The van der Waals surface area contributed by atoms with E-state index in [2.05, 4.69) is 27.4 Å². The van der Waals surface area contributed by atoms with Crippen LogP contribution in [-0.2, 0) is 12.0 Å². The Bertz CT molecular complexity index is 915. The zero-order chi connectivity index (χ0) is 22.6. The summed E-state index contributed by atoms with van der Waals surface area (Å²) in [4.78, 5) is 11.8. The van der Waals surface area contributed by atoms with Crippen LogP contribution in [0.15, 0.2) is 33.7 Å². The smallest absolute Gasteiger partial charge is 0.208 e. The van der Waals surface area contributed by atoms with Crippen molar-refractivity contribution in [3.63, 3.8) is 0 Å². The number of aryl methyl sites for hydroxylation is 2. The van der Waals surface area contributed by atoms with Crippen LogP contribution in [0.5, 0.6) is 0 Å². The second kappa shape index (κ2) is 11.6. The lowest BCUT2D eigenvalue weighted by Gasteiger charge is -2.31. The molecular weight excluding hydrogens is 532 g/mol. The van der Waals surface area contributed by atoms with Crippen LogP contribution < -0.4 is 10.6 Å². The molecule has 4 rings (SSSR count). The first kappa shape index (κ1) is 25.9. The second-order valence-corrected chi connectivity index (χ2v) is 9.34. The van der Waals surface area contributed by atoms with E-state index in [0.717, 1.165) is 87.3 Å². The van der Waals surface area contributed by atoms with E-state index in [-0.39, 0.29) is 35.2 Å². The van der Waals surface area contributed by atoms with Gasteiger partial charge in [-0.15, -0.1) is 24.0 Å².